The first-order valence-corrected chi connectivity index (χ1v) is 11.6. The number of carbonyl (C=O) groups is 2. The number of rotatable bonds is 4. The Balaban J connectivity index is 1.23. The molecule has 0 radical (unpaired) electrons. The molecule has 1 N–H and O–H groups in total. The zero-order valence-electron chi connectivity index (χ0n) is 19.0. The van der Waals surface area contributed by atoms with Crippen molar-refractivity contribution in [3.63, 3.8) is 0 Å². The number of likely N-dealkylation sites (tertiary alicyclic amines) is 1. The van der Waals surface area contributed by atoms with Crippen molar-refractivity contribution < 1.29 is 9.59 Å². The van der Waals surface area contributed by atoms with E-state index >= 15 is 0 Å². The van der Waals surface area contributed by atoms with Crippen molar-refractivity contribution in [2.24, 2.45) is 5.41 Å². The second-order valence-corrected chi connectivity index (χ2v) is 9.39. The van der Waals surface area contributed by atoms with Crippen molar-refractivity contribution in [3.8, 4) is 0 Å². The summed E-state index contributed by atoms with van der Waals surface area (Å²) in [6, 6.07) is 17.6. The Morgan fingerprint density at radius 1 is 0.970 bits per heavy atom. The largest absolute Gasteiger partial charge is 0.342 e. The number of nitrogens with zero attached hydrogens (tertiary/aromatic N) is 4. The molecule has 3 aromatic rings. The zero-order valence-corrected chi connectivity index (χ0v) is 19.0. The Morgan fingerprint density at radius 3 is 2.52 bits per heavy atom. The quantitative estimate of drug-likeness (QED) is 0.668. The minimum absolute atomic E-state index is 0.0802. The average molecular weight is 444 g/mol. The number of aromatic nitrogens is 3. The third-order valence-corrected chi connectivity index (χ3v) is 7.07. The van der Waals surface area contributed by atoms with Gasteiger partial charge in [0.05, 0.1) is 6.42 Å². The summed E-state index contributed by atoms with van der Waals surface area (Å²) in [6.07, 6.45) is 4.09. The van der Waals surface area contributed by atoms with Crippen LogP contribution in [-0.2, 0) is 24.2 Å². The van der Waals surface area contributed by atoms with Gasteiger partial charge in [0.15, 0.2) is 0 Å². The second-order valence-electron chi connectivity index (χ2n) is 9.39. The number of fused-ring (bicyclic) bond motifs is 1. The summed E-state index contributed by atoms with van der Waals surface area (Å²) in [5.74, 6) is 1.17. The molecule has 0 bridgehead atoms. The number of hydrogen-bond acceptors (Lipinski definition) is 4. The molecule has 1 aromatic heterocycles. The van der Waals surface area contributed by atoms with Crippen molar-refractivity contribution in [1.82, 2.24) is 19.7 Å². The van der Waals surface area contributed by atoms with Crippen molar-refractivity contribution in [2.75, 3.05) is 18.4 Å². The minimum atomic E-state index is -0.239. The summed E-state index contributed by atoms with van der Waals surface area (Å²) in [7, 11) is 0. The number of hydrogen-bond donors (Lipinski definition) is 1. The van der Waals surface area contributed by atoms with Gasteiger partial charge in [-0.25, -0.2) is 0 Å². The first-order chi connectivity index (χ1) is 16.0. The van der Waals surface area contributed by atoms with Gasteiger partial charge in [0, 0.05) is 31.7 Å². The van der Waals surface area contributed by atoms with Crippen molar-refractivity contribution in [2.45, 2.75) is 45.6 Å². The molecular formula is C26H29N5O2. The summed E-state index contributed by atoms with van der Waals surface area (Å²) in [5.41, 5.74) is 3.08. The fourth-order valence-corrected chi connectivity index (χ4v) is 5.03. The molecule has 7 nitrogen and oxygen atoms in total. The van der Waals surface area contributed by atoms with E-state index in [0.29, 0.717) is 18.8 Å². The summed E-state index contributed by atoms with van der Waals surface area (Å²) < 4.78 is 1.96. The SMILES string of the molecule is Cc1ccc(CC(=O)N2CC[C@]3(CCc4nnc(C(=O)Nc5ccccc5)n4CC3)C2)cc1. The van der Waals surface area contributed by atoms with E-state index in [4.69, 9.17) is 0 Å². The normalized spacial score (nSPS) is 19.8. The first kappa shape index (κ1) is 21.4. The van der Waals surface area contributed by atoms with Crippen molar-refractivity contribution in [1.29, 1.82) is 0 Å². The summed E-state index contributed by atoms with van der Waals surface area (Å²) in [5, 5.41) is 11.4. The van der Waals surface area contributed by atoms with Crippen LogP contribution in [0.2, 0.25) is 0 Å². The molecule has 2 amide bonds. The smallest absolute Gasteiger partial charge is 0.293 e. The predicted molar refractivity (Wildman–Crippen MR) is 126 cm³/mol. The second kappa shape index (κ2) is 8.81. The van der Waals surface area contributed by atoms with Gasteiger partial charge in [-0.1, -0.05) is 48.0 Å². The molecule has 1 fully saturated rings. The third kappa shape index (κ3) is 4.53. The van der Waals surface area contributed by atoms with E-state index < -0.39 is 0 Å². The standard InChI is InChI=1S/C26H29N5O2/c1-19-7-9-20(10-8-19)17-23(32)30-15-13-26(18-30)12-11-22-28-29-24(31(22)16-14-26)25(33)27-21-5-3-2-4-6-21/h2-10H,11-18H2,1H3,(H,27,33)/t26-/m0/s1. The predicted octanol–water partition coefficient (Wildman–Crippen LogP) is 3.64. The fraction of sp³-hybridized carbons (Fsp3) is 0.385. The maximum atomic E-state index is 12.9. The topological polar surface area (TPSA) is 80.1 Å². The third-order valence-electron chi connectivity index (χ3n) is 7.07. The van der Waals surface area contributed by atoms with Crippen LogP contribution in [0.4, 0.5) is 5.69 Å². The summed E-state index contributed by atoms with van der Waals surface area (Å²) >= 11 is 0. The van der Waals surface area contributed by atoms with Gasteiger partial charge >= 0.3 is 0 Å². The Bertz CT molecular complexity index is 1160. The van der Waals surface area contributed by atoms with E-state index in [0.717, 1.165) is 55.8 Å². The number of carbonyl (C=O) groups excluding carboxylic acids is 2. The molecule has 0 saturated carbocycles. The zero-order chi connectivity index (χ0) is 22.8. The molecule has 0 unspecified atom stereocenters. The van der Waals surface area contributed by atoms with Crippen molar-refractivity contribution in [3.05, 3.63) is 77.4 Å². The lowest BCUT2D eigenvalue weighted by Crippen LogP contribution is -2.33. The fourth-order valence-electron chi connectivity index (χ4n) is 5.03. The molecule has 0 aliphatic carbocycles. The Labute approximate surface area is 193 Å². The molecule has 2 aromatic carbocycles. The van der Waals surface area contributed by atoms with Crippen LogP contribution in [0.25, 0.3) is 0 Å². The van der Waals surface area contributed by atoms with Gasteiger partial charge in [0.2, 0.25) is 11.7 Å². The van der Waals surface area contributed by atoms with E-state index in [1.165, 1.54) is 5.56 Å². The number of nitrogens with one attached hydrogen (secondary N) is 1. The van der Waals surface area contributed by atoms with Crippen LogP contribution in [0.5, 0.6) is 0 Å². The van der Waals surface area contributed by atoms with Gasteiger partial charge in [0.25, 0.3) is 5.91 Å². The molecule has 33 heavy (non-hydrogen) atoms. The molecule has 2 aliphatic rings. The van der Waals surface area contributed by atoms with Gasteiger partial charge < -0.3 is 14.8 Å². The van der Waals surface area contributed by atoms with E-state index in [1.54, 1.807) is 0 Å². The highest BCUT2D eigenvalue weighted by Crippen LogP contribution is 2.41. The molecule has 2 aliphatic heterocycles. The Morgan fingerprint density at radius 2 is 1.73 bits per heavy atom. The molecule has 5 rings (SSSR count). The van der Waals surface area contributed by atoms with E-state index in [1.807, 2.05) is 51.9 Å². The maximum Gasteiger partial charge on any atom is 0.293 e. The van der Waals surface area contributed by atoms with Crippen LogP contribution in [0.1, 0.15) is 46.8 Å². The van der Waals surface area contributed by atoms with Crippen LogP contribution < -0.4 is 5.32 Å². The van der Waals surface area contributed by atoms with Gasteiger partial charge in [-0.2, -0.15) is 0 Å². The highest BCUT2D eigenvalue weighted by molar-refractivity contribution is 6.01. The molecule has 1 spiro atoms. The van der Waals surface area contributed by atoms with Crippen LogP contribution >= 0.6 is 0 Å². The number of aryl methyl sites for hydroxylation is 2. The Hall–Kier alpha value is -3.48. The van der Waals surface area contributed by atoms with Crippen LogP contribution in [0.15, 0.2) is 54.6 Å². The van der Waals surface area contributed by atoms with Gasteiger partial charge in [-0.05, 0) is 49.3 Å². The first-order valence-electron chi connectivity index (χ1n) is 11.6. The molecule has 170 valence electrons. The highest BCUT2D eigenvalue weighted by atomic mass is 16.2. The van der Waals surface area contributed by atoms with Crippen LogP contribution in [-0.4, -0.2) is 44.6 Å². The summed E-state index contributed by atoms with van der Waals surface area (Å²) in [4.78, 5) is 27.8. The lowest BCUT2D eigenvalue weighted by Gasteiger charge is -2.27. The van der Waals surface area contributed by atoms with Crippen LogP contribution in [0, 0.1) is 12.3 Å². The monoisotopic (exact) mass is 443 g/mol. The molecule has 1 atom stereocenters. The van der Waals surface area contributed by atoms with Crippen LogP contribution in [0.3, 0.4) is 0 Å². The number of anilines is 1. The minimum Gasteiger partial charge on any atom is -0.342 e. The number of benzene rings is 2. The Kier molecular flexibility index (Phi) is 5.70. The summed E-state index contributed by atoms with van der Waals surface area (Å²) in [6.45, 7) is 4.33. The van der Waals surface area contributed by atoms with Gasteiger partial charge in [-0.3, -0.25) is 9.59 Å². The van der Waals surface area contributed by atoms with Gasteiger partial charge in [-0.15, -0.1) is 10.2 Å². The van der Waals surface area contributed by atoms with E-state index in [2.05, 4.69) is 34.6 Å². The maximum absolute atomic E-state index is 12.9. The van der Waals surface area contributed by atoms with E-state index in [-0.39, 0.29) is 17.2 Å². The molecular weight excluding hydrogens is 414 g/mol. The average Bonchev–Trinajstić information content (AvgIpc) is 3.39. The van der Waals surface area contributed by atoms with Gasteiger partial charge in [0.1, 0.15) is 5.82 Å². The number of amides is 2. The molecule has 1 saturated heterocycles. The lowest BCUT2D eigenvalue weighted by atomic mass is 9.80. The highest BCUT2D eigenvalue weighted by Gasteiger charge is 2.41. The molecule has 3 heterocycles. The van der Waals surface area contributed by atoms with Crippen molar-refractivity contribution >= 4 is 17.5 Å². The number of para-hydroxylation sites is 1. The lowest BCUT2D eigenvalue weighted by molar-refractivity contribution is -0.129. The van der Waals surface area contributed by atoms with E-state index in [9.17, 15) is 9.59 Å². The molecule has 7 heteroatoms.